The normalized spacial score (nSPS) is 11.7. The zero-order valence-corrected chi connectivity index (χ0v) is 12.5. The summed E-state index contributed by atoms with van der Waals surface area (Å²) < 4.78 is 25.3. The third kappa shape index (κ3) is 3.73. The van der Waals surface area contributed by atoms with Gasteiger partial charge in [0.15, 0.2) is 0 Å². The van der Waals surface area contributed by atoms with Gasteiger partial charge in [0.1, 0.15) is 0 Å². The number of fused-ring (bicyclic) bond motifs is 1. The van der Waals surface area contributed by atoms with Gasteiger partial charge in [-0.2, -0.15) is 0 Å². The van der Waals surface area contributed by atoms with E-state index < -0.39 is 10.0 Å². The zero-order chi connectivity index (χ0) is 15.5. The van der Waals surface area contributed by atoms with Crippen LogP contribution in [0.3, 0.4) is 0 Å². The van der Waals surface area contributed by atoms with Gasteiger partial charge in [0.05, 0.1) is 11.3 Å². The van der Waals surface area contributed by atoms with E-state index in [-0.39, 0.29) is 18.2 Å². The van der Waals surface area contributed by atoms with Gasteiger partial charge in [-0.25, -0.2) is 13.1 Å². The number of nitrogens with two attached hydrogens (primary N) is 1. The van der Waals surface area contributed by atoms with Crippen LogP contribution in [0.4, 0.5) is 5.69 Å². The molecule has 2 aromatic rings. The molecule has 0 aliphatic heterocycles. The summed E-state index contributed by atoms with van der Waals surface area (Å²) in [5.74, 6) is -0.472. The lowest BCUT2D eigenvalue weighted by Crippen LogP contribution is -2.34. The van der Waals surface area contributed by atoms with Gasteiger partial charge in [-0.3, -0.25) is 4.79 Å². The monoisotopic (exact) mass is 310 g/mol. The summed E-state index contributed by atoms with van der Waals surface area (Å²) in [7, 11) is -3.33. The van der Waals surface area contributed by atoms with Crippen LogP contribution in [-0.2, 0) is 10.0 Å². The molecule has 1 aromatic carbocycles. The topological polar surface area (TPSA) is 117 Å². The highest BCUT2D eigenvalue weighted by Gasteiger charge is 2.13. The van der Waals surface area contributed by atoms with E-state index in [0.717, 1.165) is 10.9 Å². The zero-order valence-electron chi connectivity index (χ0n) is 11.6. The smallest absolute Gasteiger partial charge is 0.253 e. The second-order valence-electron chi connectivity index (χ2n) is 4.58. The average Bonchev–Trinajstić information content (AvgIpc) is 2.81. The second-order valence-corrected chi connectivity index (χ2v) is 6.51. The number of H-pyrrole nitrogens is 1. The molecule has 7 nitrogen and oxygen atoms in total. The van der Waals surface area contributed by atoms with Crippen molar-refractivity contribution < 1.29 is 13.2 Å². The summed E-state index contributed by atoms with van der Waals surface area (Å²) in [5, 5.41) is 3.34. The molecule has 0 fully saturated rings. The van der Waals surface area contributed by atoms with E-state index >= 15 is 0 Å². The largest absolute Gasteiger partial charge is 0.399 e. The van der Waals surface area contributed by atoms with Crippen molar-refractivity contribution >= 4 is 32.5 Å². The fraction of sp³-hybridized carbons (Fsp3) is 0.308. The van der Waals surface area contributed by atoms with E-state index in [9.17, 15) is 13.2 Å². The number of amides is 1. The Hall–Kier alpha value is -2.06. The summed E-state index contributed by atoms with van der Waals surface area (Å²) in [6.07, 6.45) is 1.58. The number of hydrogen-bond acceptors (Lipinski definition) is 4. The molecule has 0 bridgehead atoms. The standard InChI is InChI=1S/C13H18N4O3S/c1-2-17-21(19,20)6-5-15-13(18)11-8-16-12-7-9(14)3-4-10(11)12/h3-4,7-8,16-17H,2,5-6,14H2,1H3,(H,15,18). The molecule has 21 heavy (non-hydrogen) atoms. The minimum atomic E-state index is -3.33. The van der Waals surface area contributed by atoms with Crippen molar-refractivity contribution in [3.05, 3.63) is 30.0 Å². The molecular formula is C13H18N4O3S. The van der Waals surface area contributed by atoms with E-state index in [1.54, 1.807) is 31.3 Å². The van der Waals surface area contributed by atoms with Crippen LogP contribution in [-0.4, -0.2) is 38.2 Å². The number of carbonyl (C=O) groups is 1. The lowest BCUT2D eigenvalue weighted by Gasteiger charge is -2.06. The Morgan fingerprint density at radius 2 is 2.14 bits per heavy atom. The van der Waals surface area contributed by atoms with Crippen molar-refractivity contribution in [1.82, 2.24) is 15.0 Å². The van der Waals surface area contributed by atoms with Crippen molar-refractivity contribution in [2.45, 2.75) is 6.92 Å². The number of hydrogen-bond donors (Lipinski definition) is 4. The molecule has 114 valence electrons. The number of nitrogen functional groups attached to an aromatic ring is 1. The van der Waals surface area contributed by atoms with E-state index in [0.29, 0.717) is 17.8 Å². The molecule has 0 spiro atoms. The van der Waals surface area contributed by atoms with Gasteiger partial charge >= 0.3 is 0 Å². The van der Waals surface area contributed by atoms with Gasteiger partial charge in [0, 0.05) is 35.9 Å². The van der Waals surface area contributed by atoms with Crippen molar-refractivity contribution in [3.8, 4) is 0 Å². The summed E-state index contributed by atoms with van der Waals surface area (Å²) in [6, 6.07) is 5.20. The Kier molecular flexibility index (Phi) is 4.49. The molecule has 2 rings (SSSR count). The molecule has 1 heterocycles. The van der Waals surface area contributed by atoms with E-state index in [2.05, 4.69) is 15.0 Å². The van der Waals surface area contributed by atoms with E-state index in [1.165, 1.54) is 0 Å². The SMILES string of the molecule is CCNS(=O)(=O)CCNC(=O)c1c[nH]c2cc(N)ccc12. The maximum absolute atomic E-state index is 12.1. The predicted molar refractivity (Wildman–Crippen MR) is 82.5 cm³/mol. The first-order chi connectivity index (χ1) is 9.93. The van der Waals surface area contributed by atoms with Crippen LogP contribution in [0.15, 0.2) is 24.4 Å². The van der Waals surface area contributed by atoms with Crippen molar-refractivity contribution in [2.24, 2.45) is 0 Å². The van der Waals surface area contributed by atoms with Crippen molar-refractivity contribution in [2.75, 3.05) is 24.6 Å². The van der Waals surface area contributed by atoms with Crippen LogP contribution in [0.1, 0.15) is 17.3 Å². The molecule has 0 aliphatic rings. The van der Waals surface area contributed by atoms with Crippen LogP contribution < -0.4 is 15.8 Å². The first-order valence-electron chi connectivity index (χ1n) is 6.55. The van der Waals surface area contributed by atoms with Crippen LogP contribution in [0, 0.1) is 0 Å². The van der Waals surface area contributed by atoms with Gasteiger partial charge in [-0.15, -0.1) is 0 Å². The number of anilines is 1. The molecule has 0 unspecified atom stereocenters. The molecular weight excluding hydrogens is 292 g/mol. The number of carbonyl (C=O) groups excluding carboxylic acids is 1. The Morgan fingerprint density at radius 3 is 2.86 bits per heavy atom. The summed E-state index contributed by atoms with van der Waals surface area (Å²) in [6.45, 7) is 2.09. The van der Waals surface area contributed by atoms with Gasteiger partial charge in [-0.05, 0) is 18.2 Å². The number of aromatic amines is 1. The molecule has 0 saturated carbocycles. The maximum Gasteiger partial charge on any atom is 0.253 e. The van der Waals surface area contributed by atoms with Crippen molar-refractivity contribution in [1.29, 1.82) is 0 Å². The number of rotatable bonds is 6. The van der Waals surface area contributed by atoms with E-state index in [4.69, 9.17) is 5.73 Å². The minimum absolute atomic E-state index is 0.0514. The highest BCUT2D eigenvalue weighted by molar-refractivity contribution is 7.89. The quantitative estimate of drug-likeness (QED) is 0.578. The minimum Gasteiger partial charge on any atom is -0.399 e. The van der Waals surface area contributed by atoms with Crippen molar-refractivity contribution in [3.63, 3.8) is 0 Å². The molecule has 5 N–H and O–H groups in total. The Labute approximate surface area is 123 Å². The first kappa shape index (κ1) is 15.3. The molecule has 0 radical (unpaired) electrons. The molecule has 0 saturated heterocycles. The highest BCUT2D eigenvalue weighted by atomic mass is 32.2. The first-order valence-corrected chi connectivity index (χ1v) is 8.20. The fourth-order valence-corrected chi connectivity index (χ4v) is 2.97. The third-order valence-corrected chi connectivity index (χ3v) is 4.44. The lowest BCUT2D eigenvalue weighted by molar-refractivity contribution is 0.0958. The van der Waals surface area contributed by atoms with Crippen LogP contribution in [0.25, 0.3) is 10.9 Å². The Balaban J connectivity index is 2.03. The maximum atomic E-state index is 12.1. The van der Waals surface area contributed by atoms with Gasteiger partial charge in [0.2, 0.25) is 10.0 Å². The summed E-state index contributed by atoms with van der Waals surface area (Å²) in [4.78, 5) is 15.0. The van der Waals surface area contributed by atoms with E-state index in [1.807, 2.05) is 0 Å². The van der Waals surface area contributed by atoms with Crippen LogP contribution in [0.2, 0.25) is 0 Å². The summed E-state index contributed by atoms with van der Waals surface area (Å²) in [5.41, 5.74) is 7.50. The molecule has 8 heteroatoms. The second kappa shape index (κ2) is 6.15. The molecule has 0 aliphatic carbocycles. The lowest BCUT2D eigenvalue weighted by atomic mass is 10.1. The number of benzene rings is 1. The fourth-order valence-electron chi connectivity index (χ4n) is 2.02. The molecule has 0 atom stereocenters. The van der Waals surface area contributed by atoms with Gasteiger partial charge in [-0.1, -0.05) is 6.92 Å². The average molecular weight is 310 g/mol. The number of aromatic nitrogens is 1. The van der Waals surface area contributed by atoms with Gasteiger partial charge in [0.25, 0.3) is 5.91 Å². The predicted octanol–water partition coefficient (Wildman–Crippen LogP) is 0.419. The number of sulfonamides is 1. The van der Waals surface area contributed by atoms with Gasteiger partial charge < -0.3 is 16.0 Å². The molecule has 1 amide bonds. The molecule has 1 aromatic heterocycles. The Bertz CT molecular complexity index is 752. The summed E-state index contributed by atoms with van der Waals surface area (Å²) >= 11 is 0. The highest BCUT2D eigenvalue weighted by Crippen LogP contribution is 2.20. The Morgan fingerprint density at radius 1 is 1.38 bits per heavy atom. The van der Waals surface area contributed by atoms with Crippen LogP contribution in [0.5, 0.6) is 0 Å². The number of nitrogens with one attached hydrogen (secondary N) is 3. The van der Waals surface area contributed by atoms with Crippen LogP contribution >= 0.6 is 0 Å². The third-order valence-electron chi connectivity index (χ3n) is 2.97.